The van der Waals surface area contributed by atoms with Crippen LogP contribution >= 0.6 is 0 Å². The summed E-state index contributed by atoms with van der Waals surface area (Å²) < 4.78 is 11.3. The Morgan fingerprint density at radius 1 is 0.897 bits per heavy atom. The summed E-state index contributed by atoms with van der Waals surface area (Å²) in [7, 11) is 3.28. The molecule has 1 aromatic heterocycles. The van der Waals surface area contributed by atoms with Gasteiger partial charge in [-0.1, -0.05) is 36.4 Å². The third-order valence-electron chi connectivity index (χ3n) is 4.91. The quantitative estimate of drug-likeness (QED) is 0.537. The maximum Gasteiger partial charge on any atom is 0.221 e. The average molecular weight is 386 g/mol. The number of anilines is 2. The molecule has 1 heterocycles. The van der Waals surface area contributed by atoms with Gasteiger partial charge in [-0.15, -0.1) is 0 Å². The molecular formula is C23H22N4O2. The lowest BCUT2D eigenvalue weighted by Crippen LogP contribution is -2.04. The van der Waals surface area contributed by atoms with Crippen LogP contribution in [0.15, 0.2) is 60.8 Å². The van der Waals surface area contributed by atoms with E-state index in [4.69, 9.17) is 20.9 Å². The molecule has 0 unspecified atom stereocenters. The van der Waals surface area contributed by atoms with E-state index in [0.717, 1.165) is 27.6 Å². The second-order valence-corrected chi connectivity index (χ2v) is 6.76. The standard InChI is InChI=1S/C23H22N4O2/c1-28-20-11-14(9-18-13-26-23(25)27-22(18)24)10-19(21(20)29-2)17-8-7-15-5-3-4-6-16(15)12-17/h3-8,10-13H,9H2,1-2H3,(H4,24,25,26,27). The summed E-state index contributed by atoms with van der Waals surface area (Å²) in [6, 6.07) is 18.6. The molecule has 29 heavy (non-hydrogen) atoms. The summed E-state index contributed by atoms with van der Waals surface area (Å²) in [4.78, 5) is 8.11. The smallest absolute Gasteiger partial charge is 0.221 e. The van der Waals surface area contributed by atoms with Crippen LogP contribution in [-0.4, -0.2) is 24.2 Å². The molecule has 0 saturated carbocycles. The number of rotatable bonds is 5. The molecule has 0 aliphatic heterocycles. The van der Waals surface area contributed by atoms with Crippen molar-refractivity contribution in [2.75, 3.05) is 25.7 Å². The van der Waals surface area contributed by atoms with E-state index in [0.29, 0.717) is 23.7 Å². The minimum atomic E-state index is 0.162. The summed E-state index contributed by atoms with van der Waals surface area (Å²) in [6.07, 6.45) is 2.21. The maximum absolute atomic E-state index is 6.02. The number of methoxy groups -OCH3 is 2. The first-order chi connectivity index (χ1) is 14.1. The number of fused-ring (bicyclic) bond motifs is 1. The zero-order chi connectivity index (χ0) is 20.4. The van der Waals surface area contributed by atoms with Crippen molar-refractivity contribution >= 4 is 22.5 Å². The molecule has 0 atom stereocenters. The molecular weight excluding hydrogens is 364 g/mol. The van der Waals surface area contributed by atoms with Gasteiger partial charge < -0.3 is 20.9 Å². The van der Waals surface area contributed by atoms with Crippen molar-refractivity contribution < 1.29 is 9.47 Å². The summed E-state index contributed by atoms with van der Waals surface area (Å²) >= 11 is 0. The minimum Gasteiger partial charge on any atom is -0.493 e. The Kier molecular flexibility index (Phi) is 4.91. The molecule has 4 aromatic rings. The molecule has 146 valence electrons. The van der Waals surface area contributed by atoms with E-state index in [-0.39, 0.29) is 5.95 Å². The first kappa shape index (κ1) is 18.6. The van der Waals surface area contributed by atoms with Gasteiger partial charge in [0, 0.05) is 23.7 Å². The third-order valence-corrected chi connectivity index (χ3v) is 4.91. The zero-order valence-electron chi connectivity index (χ0n) is 16.3. The Morgan fingerprint density at radius 2 is 1.69 bits per heavy atom. The van der Waals surface area contributed by atoms with E-state index in [1.54, 1.807) is 20.4 Å². The molecule has 4 rings (SSSR count). The highest BCUT2D eigenvalue weighted by molar-refractivity contribution is 5.89. The van der Waals surface area contributed by atoms with Crippen LogP contribution in [0.2, 0.25) is 0 Å². The highest BCUT2D eigenvalue weighted by Gasteiger charge is 2.16. The fourth-order valence-electron chi connectivity index (χ4n) is 3.49. The molecule has 0 saturated heterocycles. The first-order valence-corrected chi connectivity index (χ1v) is 9.20. The van der Waals surface area contributed by atoms with Gasteiger partial charge in [0.05, 0.1) is 14.2 Å². The predicted molar refractivity (Wildman–Crippen MR) is 116 cm³/mol. The molecule has 0 amide bonds. The van der Waals surface area contributed by atoms with E-state index >= 15 is 0 Å². The van der Waals surface area contributed by atoms with Crippen molar-refractivity contribution in [1.82, 2.24) is 9.97 Å². The highest BCUT2D eigenvalue weighted by atomic mass is 16.5. The topological polar surface area (TPSA) is 96.3 Å². The van der Waals surface area contributed by atoms with Crippen LogP contribution in [0.5, 0.6) is 11.5 Å². The number of benzene rings is 3. The van der Waals surface area contributed by atoms with Gasteiger partial charge in [-0.2, -0.15) is 4.98 Å². The van der Waals surface area contributed by atoms with Crippen molar-refractivity contribution in [3.8, 4) is 22.6 Å². The fourth-order valence-corrected chi connectivity index (χ4v) is 3.49. The van der Waals surface area contributed by atoms with E-state index < -0.39 is 0 Å². The van der Waals surface area contributed by atoms with Crippen molar-refractivity contribution in [2.24, 2.45) is 0 Å². The molecule has 0 spiro atoms. The summed E-state index contributed by atoms with van der Waals surface area (Å²) in [5.74, 6) is 1.88. The van der Waals surface area contributed by atoms with E-state index in [1.165, 1.54) is 5.39 Å². The van der Waals surface area contributed by atoms with Crippen LogP contribution in [-0.2, 0) is 6.42 Å². The number of nitrogen functional groups attached to an aromatic ring is 2. The molecule has 0 fully saturated rings. The summed E-state index contributed by atoms with van der Waals surface area (Å²) in [5.41, 5.74) is 15.4. The van der Waals surface area contributed by atoms with Gasteiger partial charge in [0.25, 0.3) is 0 Å². The molecule has 4 N–H and O–H groups in total. The number of nitrogens with two attached hydrogens (primary N) is 2. The van der Waals surface area contributed by atoms with Crippen molar-refractivity contribution in [2.45, 2.75) is 6.42 Å². The lowest BCUT2D eigenvalue weighted by Gasteiger charge is -2.16. The average Bonchev–Trinajstić information content (AvgIpc) is 2.74. The number of nitrogens with zero attached hydrogens (tertiary/aromatic N) is 2. The van der Waals surface area contributed by atoms with Crippen LogP contribution in [0.4, 0.5) is 11.8 Å². The van der Waals surface area contributed by atoms with Gasteiger partial charge in [-0.25, -0.2) is 4.98 Å². The van der Waals surface area contributed by atoms with Gasteiger partial charge in [0.2, 0.25) is 5.95 Å². The molecule has 6 nitrogen and oxygen atoms in total. The van der Waals surface area contributed by atoms with E-state index in [9.17, 15) is 0 Å². The molecule has 6 heteroatoms. The molecule has 3 aromatic carbocycles. The normalized spacial score (nSPS) is 10.8. The van der Waals surface area contributed by atoms with Gasteiger partial charge in [0.15, 0.2) is 11.5 Å². The van der Waals surface area contributed by atoms with Gasteiger partial charge in [0.1, 0.15) is 5.82 Å². The van der Waals surface area contributed by atoms with Gasteiger partial charge >= 0.3 is 0 Å². The number of aromatic nitrogens is 2. The molecule has 0 bridgehead atoms. The van der Waals surface area contributed by atoms with Crippen molar-refractivity contribution in [1.29, 1.82) is 0 Å². The minimum absolute atomic E-state index is 0.162. The lowest BCUT2D eigenvalue weighted by atomic mass is 9.96. The van der Waals surface area contributed by atoms with Crippen LogP contribution in [0.1, 0.15) is 11.1 Å². The largest absolute Gasteiger partial charge is 0.493 e. The van der Waals surface area contributed by atoms with Gasteiger partial charge in [-0.05, 0) is 40.1 Å². The number of hydrogen-bond acceptors (Lipinski definition) is 6. The SMILES string of the molecule is COc1cc(Cc2cnc(N)nc2N)cc(-c2ccc3ccccc3c2)c1OC. The highest BCUT2D eigenvalue weighted by Crippen LogP contribution is 2.40. The Labute approximate surface area is 169 Å². The Hall–Kier alpha value is -3.80. The lowest BCUT2D eigenvalue weighted by molar-refractivity contribution is 0.356. The number of ether oxygens (including phenoxy) is 2. The zero-order valence-corrected chi connectivity index (χ0v) is 16.3. The summed E-state index contributed by atoms with van der Waals surface area (Å²) in [6.45, 7) is 0. The second kappa shape index (κ2) is 7.67. The molecule has 0 radical (unpaired) electrons. The van der Waals surface area contributed by atoms with Crippen LogP contribution in [0.25, 0.3) is 21.9 Å². The summed E-state index contributed by atoms with van der Waals surface area (Å²) in [5, 5.41) is 2.35. The Morgan fingerprint density at radius 3 is 2.41 bits per heavy atom. The Balaban J connectivity index is 1.84. The van der Waals surface area contributed by atoms with Crippen molar-refractivity contribution in [3.05, 3.63) is 71.9 Å². The van der Waals surface area contributed by atoms with Crippen LogP contribution in [0, 0.1) is 0 Å². The van der Waals surface area contributed by atoms with E-state index in [2.05, 4.69) is 46.4 Å². The van der Waals surface area contributed by atoms with Crippen molar-refractivity contribution in [3.63, 3.8) is 0 Å². The second-order valence-electron chi connectivity index (χ2n) is 6.76. The van der Waals surface area contributed by atoms with Crippen LogP contribution in [0.3, 0.4) is 0 Å². The van der Waals surface area contributed by atoms with Gasteiger partial charge in [-0.3, -0.25) is 0 Å². The molecule has 0 aliphatic carbocycles. The number of hydrogen-bond donors (Lipinski definition) is 2. The molecule has 0 aliphatic rings. The first-order valence-electron chi connectivity index (χ1n) is 9.20. The monoisotopic (exact) mass is 386 g/mol. The fraction of sp³-hybridized carbons (Fsp3) is 0.130. The Bertz CT molecular complexity index is 1190. The third kappa shape index (κ3) is 3.65. The van der Waals surface area contributed by atoms with Crippen LogP contribution < -0.4 is 20.9 Å². The maximum atomic E-state index is 6.02. The predicted octanol–water partition coefficient (Wildman–Crippen LogP) is 4.07. The van der Waals surface area contributed by atoms with E-state index in [1.807, 2.05) is 18.2 Å².